The van der Waals surface area contributed by atoms with Crippen LogP contribution in [0.2, 0.25) is 0 Å². The van der Waals surface area contributed by atoms with Crippen LogP contribution in [0.4, 0.5) is 5.13 Å². The molecule has 7 heteroatoms. The minimum absolute atomic E-state index is 0.308. The maximum Gasteiger partial charge on any atom is 0.236 e. The van der Waals surface area contributed by atoms with E-state index in [0.717, 1.165) is 56.6 Å². The highest BCUT2D eigenvalue weighted by Gasteiger charge is 2.29. The van der Waals surface area contributed by atoms with Crippen LogP contribution in [-0.4, -0.2) is 70.9 Å². The average molecular weight is 335 g/mol. The van der Waals surface area contributed by atoms with Crippen molar-refractivity contribution < 1.29 is 4.79 Å². The van der Waals surface area contributed by atoms with E-state index in [1.165, 1.54) is 25.7 Å². The molecule has 1 aliphatic carbocycles. The summed E-state index contributed by atoms with van der Waals surface area (Å²) in [4.78, 5) is 23.7. The first-order chi connectivity index (χ1) is 11.3. The molecule has 126 valence electrons. The first-order valence-electron chi connectivity index (χ1n) is 8.88. The average Bonchev–Trinajstić information content (AvgIpc) is 3.11. The maximum absolute atomic E-state index is 12.3. The molecule has 4 rings (SSSR count). The minimum Gasteiger partial charge on any atom is -0.346 e. The van der Waals surface area contributed by atoms with Gasteiger partial charge in [-0.2, -0.15) is 4.37 Å². The van der Waals surface area contributed by atoms with Crippen molar-refractivity contribution in [1.82, 2.24) is 19.2 Å². The highest BCUT2D eigenvalue weighted by atomic mass is 32.1. The molecule has 3 fully saturated rings. The summed E-state index contributed by atoms with van der Waals surface area (Å²) in [6, 6.07) is 0. The number of amides is 1. The Hall–Kier alpha value is -1.21. The van der Waals surface area contributed by atoms with E-state index in [4.69, 9.17) is 4.98 Å². The SMILES string of the molecule is O=C(CN1CCCN(c2nc(C3CC3)ns2)CC1)N1CCCC1. The summed E-state index contributed by atoms with van der Waals surface area (Å²) in [6.45, 7) is 6.40. The molecule has 1 aromatic heterocycles. The fraction of sp³-hybridized carbons (Fsp3) is 0.812. The van der Waals surface area contributed by atoms with Crippen molar-refractivity contribution in [3.63, 3.8) is 0 Å². The Morgan fingerprint density at radius 3 is 2.65 bits per heavy atom. The van der Waals surface area contributed by atoms with Crippen molar-refractivity contribution in [3.05, 3.63) is 5.82 Å². The zero-order chi connectivity index (χ0) is 15.6. The minimum atomic E-state index is 0.308. The predicted octanol–water partition coefficient (Wildman–Crippen LogP) is 1.55. The molecule has 3 heterocycles. The Balaban J connectivity index is 1.31. The van der Waals surface area contributed by atoms with Gasteiger partial charge >= 0.3 is 0 Å². The third kappa shape index (κ3) is 3.66. The lowest BCUT2D eigenvalue weighted by Crippen LogP contribution is -2.40. The Bertz CT molecular complexity index is 552. The number of aromatic nitrogens is 2. The van der Waals surface area contributed by atoms with Crippen molar-refractivity contribution in [2.24, 2.45) is 0 Å². The van der Waals surface area contributed by atoms with Gasteiger partial charge in [0.15, 0.2) is 0 Å². The Labute approximate surface area is 141 Å². The van der Waals surface area contributed by atoms with Gasteiger partial charge in [0.05, 0.1) is 6.54 Å². The summed E-state index contributed by atoms with van der Waals surface area (Å²) < 4.78 is 4.52. The lowest BCUT2D eigenvalue weighted by Gasteiger charge is -2.23. The van der Waals surface area contributed by atoms with Crippen LogP contribution in [0, 0.1) is 0 Å². The van der Waals surface area contributed by atoms with Crippen LogP contribution >= 0.6 is 11.5 Å². The molecule has 0 spiro atoms. The van der Waals surface area contributed by atoms with Gasteiger partial charge in [0, 0.05) is 56.7 Å². The smallest absolute Gasteiger partial charge is 0.236 e. The van der Waals surface area contributed by atoms with Crippen LogP contribution in [-0.2, 0) is 4.79 Å². The second kappa shape index (κ2) is 6.73. The number of hydrogen-bond acceptors (Lipinski definition) is 6. The summed E-state index contributed by atoms with van der Waals surface area (Å²) in [5.41, 5.74) is 0. The number of rotatable bonds is 4. The predicted molar refractivity (Wildman–Crippen MR) is 91.0 cm³/mol. The zero-order valence-corrected chi connectivity index (χ0v) is 14.4. The highest BCUT2D eigenvalue weighted by molar-refractivity contribution is 7.09. The molecule has 1 amide bonds. The third-order valence-corrected chi connectivity index (χ3v) is 5.84. The van der Waals surface area contributed by atoms with E-state index in [2.05, 4.69) is 14.2 Å². The van der Waals surface area contributed by atoms with E-state index < -0.39 is 0 Å². The van der Waals surface area contributed by atoms with Gasteiger partial charge in [-0.1, -0.05) is 0 Å². The fourth-order valence-electron chi connectivity index (χ4n) is 3.44. The van der Waals surface area contributed by atoms with Gasteiger partial charge in [0.25, 0.3) is 0 Å². The van der Waals surface area contributed by atoms with E-state index in [1.807, 2.05) is 4.90 Å². The highest BCUT2D eigenvalue weighted by Crippen LogP contribution is 2.39. The van der Waals surface area contributed by atoms with Gasteiger partial charge in [-0.25, -0.2) is 4.98 Å². The Kier molecular flexibility index (Phi) is 4.48. The molecule has 0 N–H and O–H groups in total. The first kappa shape index (κ1) is 15.3. The summed E-state index contributed by atoms with van der Waals surface area (Å²) >= 11 is 1.54. The molecule has 0 aromatic carbocycles. The van der Waals surface area contributed by atoms with E-state index >= 15 is 0 Å². The van der Waals surface area contributed by atoms with Crippen LogP contribution in [0.3, 0.4) is 0 Å². The zero-order valence-electron chi connectivity index (χ0n) is 13.6. The van der Waals surface area contributed by atoms with E-state index in [0.29, 0.717) is 18.4 Å². The number of carbonyl (C=O) groups excluding carboxylic acids is 1. The molecular formula is C16H25N5OS. The molecule has 3 aliphatic rings. The largest absolute Gasteiger partial charge is 0.346 e. The van der Waals surface area contributed by atoms with Crippen LogP contribution in [0.5, 0.6) is 0 Å². The van der Waals surface area contributed by atoms with Gasteiger partial charge in [0.2, 0.25) is 11.0 Å². The maximum atomic E-state index is 12.3. The number of carbonyl (C=O) groups is 1. The Morgan fingerprint density at radius 1 is 1.04 bits per heavy atom. The molecular weight excluding hydrogens is 310 g/mol. The molecule has 0 atom stereocenters. The Morgan fingerprint density at radius 2 is 1.87 bits per heavy atom. The normalized spacial score (nSPS) is 23.3. The van der Waals surface area contributed by atoms with Crippen LogP contribution in [0.25, 0.3) is 0 Å². The molecule has 2 aliphatic heterocycles. The third-order valence-electron chi connectivity index (χ3n) is 5.05. The standard InChI is InChI=1S/C16H25N5OS/c22-14(20-7-1-2-8-20)12-19-6-3-9-21(11-10-19)16-17-15(18-23-16)13-4-5-13/h13H,1-12H2. The monoisotopic (exact) mass is 335 g/mol. The van der Waals surface area contributed by atoms with E-state index in [1.54, 1.807) is 11.5 Å². The van der Waals surface area contributed by atoms with Crippen LogP contribution < -0.4 is 4.90 Å². The topological polar surface area (TPSA) is 52.6 Å². The molecule has 0 unspecified atom stereocenters. The second-order valence-corrected chi connectivity index (χ2v) is 7.64. The molecule has 1 saturated carbocycles. The van der Waals surface area contributed by atoms with Gasteiger partial charge in [0.1, 0.15) is 5.82 Å². The number of anilines is 1. The van der Waals surface area contributed by atoms with Crippen molar-refractivity contribution in [3.8, 4) is 0 Å². The summed E-state index contributed by atoms with van der Waals surface area (Å²) in [6.07, 6.45) is 5.93. The quantitative estimate of drug-likeness (QED) is 0.836. The lowest BCUT2D eigenvalue weighted by molar-refractivity contribution is -0.131. The van der Waals surface area contributed by atoms with Gasteiger partial charge in [-0.3, -0.25) is 9.69 Å². The summed E-state index contributed by atoms with van der Waals surface area (Å²) in [7, 11) is 0. The van der Waals surface area contributed by atoms with Crippen molar-refractivity contribution >= 4 is 22.6 Å². The summed E-state index contributed by atoms with van der Waals surface area (Å²) in [5, 5.41) is 1.07. The van der Waals surface area contributed by atoms with Gasteiger partial charge in [-0.15, -0.1) is 0 Å². The molecule has 1 aromatic rings. The van der Waals surface area contributed by atoms with Gasteiger partial charge in [-0.05, 0) is 32.1 Å². The van der Waals surface area contributed by atoms with Crippen LogP contribution in [0.15, 0.2) is 0 Å². The number of nitrogens with zero attached hydrogens (tertiary/aromatic N) is 5. The van der Waals surface area contributed by atoms with Crippen molar-refractivity contribution in [2.75, 3.05) is 50.7 Å². The van der Waals surface area contributed by atoms with Crippen LogP contribution in [0.1, 0.15) is 43.8 Å². The molecule has 2 saturated heterocycles. The number of likely N-dealkylation sites (tertiary alicyclic amines) is 1. The molecule has 0 bridgehead atoms. The van der Waals surface area contributed by atoms with E-state index in [-0.39, 0.29) is 0 Å². The molecule has 23 heavy (non-hydrogen) atoms. The molecule has 6 nitrogen and oxygen atoms in total. The first-order valence-corrected chi connectivity index (χ1v) is 9.65. The second-order valence-electron chi connectivity index (χ2n) is 6.91. The van der Waals surface area contributed by atoms with Crippen molar-refractivity contribution in [1.29, 1.82) is 0 Å². The summed E-state index contributed by atoms with van der Waals surface area (Å²) in [5.74, 6) is 1.99. The lowest BCUT2D eigenvalue weighted by atomic mass is 10.3. The fourth-order valence-corrected chi connectivity index (χ4v) is 4.24. The van der Waals surface area contributed by atoms with Crippen molar-refractivity contribution in [2.45, 2.75) is 38.0 Å². The van der Waals surface area contributed by atoms with E-state index in [9.17, 15) is 4.79 Å². The van der Waals surface area contributed by atoms with Gasteiger partial charge < -0.3 is 9.80 Å². The molecule has 0 radical (unpaired) electrons. The number of hydrogen-bond donors (Lipinski definition) is 0.